The van der Waals surface area contributed by atoms with Crippen LogP contribution in [-0.2, 0) is 0 Å². The van der Waals surface area contributed by atoms with Crippen molar-refractivity contribution in [2.75, 3.05) is 0 Å². The molecule has 0 amide bonds. The number of fused-ring (bicyclic) bond motifs is 9. The molecular weight excluding hydrogens is 661 g/mol. The summed E-state index contributed by atoms with van der Waals surface area (Å²) in [6.45, 7) is 2.30. The second-order valence-electron chi connectivity index (χ2n) is 14.5. The average Bonchev–Trinajstić information content (AvgIpc) is 3.75. The fourth-order valence-electron chi connectivity index (χ4n) is 8.67. The summed E-state index contributed by atoms with van der Waals surface area (Å²) in [5.74, 6) is 0.952. The van der Waals surface area contributed by atoms with E-state index in [0.717, 1.165) is 94.9 Å². The van der Waals surface area contributed by atoms with E-state index in [0.29, 0.717) is 0 Å². The molecule has 2 unspecified atom stereocenters. The Morgan fingerprint density at radius 1 is 0.500 bits per heavy atom. The van der Waals surface area contributed by atoms with E-state index in [4.69, 9.17) is 18.8 Å². The van der Waals surface area contributed by atoms with Crippen LogP contribution in [0.4, 0.5) is 0 Å². The van der Waals surface area contributed by atoms with Crippen molar-refractivity contribution in [2.45, 2.75) is 19.4 Å². The standard InChI is InChI=1S/C50H34N2O2/c1-30-27-42(34-26-25-31-13-5-6-16-33(31)28-34)51-50(52-48(30)32-14-3-2-4-15-32)40-22-12-24-44-47(40)39-21-11-20-37(49(39)54-44)41-29-45-46(36-18-8-7-17-35(36)41)38-19-9-10-23-43(38)53-45/h2-26,28-30,48H,27H2,1H3. The molecular formula is C50H34N2O2. The van der Waals surface area contributed by atoms with Crippen molar-refractivity contribution in [2.24, 2.45) is 15.9 Å². The number of hydrogen-bond acceptors (Lipinski definition) is 4. The Kier molecular flexibility index (Phi) is 6.93. The maximum Gasteiger partial charge on any atom is 0.156 e. The third-order valence-corrected chi connectivity index (χ3v) is 11.2. The lowest BCUT2D eigenvalue weighted by molar-refractivity contribution is 0.493. The van der Waals surface area contributed by atoms with Gasteiger partial charge in [0.2, 0.25) is 0 Å². The van der Waals surface area contributed by atoms with Crippen LogP contribution < -0.4 is 0 Å². The van der Waals surface area contributed by atoms with Crippen molar-refractivity contribution in [3.8, 4) is 11.1 Å². The van der Waals surface area contributed by atoms with Gasteiger partial charge >= 0.3 is 0 Å². The number of hydrogen-bond donors (Lipinski definition) is 0. The topological polar surface area (TPSA) is 51.0 Å². The Morgan fingerprint density at radius 2 is 1.20 bits per heavy atom. The quantitative estimate of drug-likeness (QED) is 0.184. The van der Waals surface area contributed by atoms with Gasteiger partial charge < -0.3 is 8.83 Å². The van der Waals surface area contributed by atoms with Crippen molar-refractivity contribution in [3.63, 3.8) is 0 Å². The molecule has 0 bridgehead atoms. The molecule has 256 valence electrons. The van der Waals surface area contributed by atoms with Gasteiger partial charge in [0.15, 0.2) is 5.84 Å². The smallest absolute Gasteiger partial charge is 0.156 e. The molecule has 3 heterocycles. The lowest BCUT2D eigenvalue weighted by Gasteiger charge is -2.20. The Morgan fingerprint density at radius 3 is 2.09 bits per heavy atom. The first-order valence-electron chi connectivity index (χ1n) is 18.7. The van der Waals surface area contributed by atoms with E-state index in [2.05, 4.69) is 159 Å². The molecule has 2 aromatic heterocycles. The van der Waals surface area contributed by atoms with Crippen LogP contribution >= 0.6 is 0 Å². The highest BCUT2D eigenvalue weighted by Crippen LogP contribution is 2.44. The maximum absolute atomic E-state index is 6.88. The van der Waals surface area contributed by atoms with E-state index in [1.54, 1.807) is 0 Å². The molecule has 0 fully saturated rings. The van der Waals surface area contributed by atoms with Crippen molar-refractivity contribution in [3.05, 3.63) is 180 Å². The van der Waals surface area contributed by atoms with E-state index in [-0.39, 0.29) is 12.0 Å². The third-order valence-electron chi connectivity index (χ3n) is 11.2. The summed E-state index contributed by atoms with van der Waals surface area (Å²) in [6, 6.07) is 57.6. The van der Waals surface area contributed by atoms with Crippen LogP contribution in [0.2, 0.25) is 0 Å². The van der Waals surface area contributed by atoms with Crippen molar-refractivity contribution >= 4 is 77.0 Å². The Balaban J connectivity index is 1.14. The largest absolute Gasteiger partial charge is 0.456 e. The van der Waals surface area contributed by atoms with E-state index in [1.807, 2.05) is 12.1 Å². The molecule has 54 heavy (non-hydrogen) atoms. The zero-order chi connectivity index (χ0) is 35.8. The Hall–Kier alpha value is -6.78. The van der Waals surface area contributed by atoms with Gasteiger partial charge in [0.1, 0.15) is 22.3 Å². The minimum atomic E-state index is -0.0613. The Bertz CT molecular complexity index is 3160. The lowest BCUT2D eigenvalue weighted by atomic mass is 9.89. The summed E-state index contributed by atoms with van der Waals surface area (Å²) in [5.41, 5.74) is 9.82. The highest BCUT2D eigenvalue weighted by Gasteiger charge is 2.28. The van der Waals surface area contributed by atoms with Crippen LogP contribution in [0.3, 0.4) is 0 Å². The van der Waals surface area contributed by atoms with Crippen molar-refractivity contribution in [1.82, 2.24) is 0 Å². The van der Waals surface area contributed by atoms with Gasteiger partial charge in [-0.25, -0.2) is 4.99 Å². The number of furan rings is 2. The molecule has 4 nitrogen and oxygen atoms in total. The summed E-state index contributed by atoms with van der Waals surface area (Å²) in [7, 11) is 0. The van der Waals surface area contributed by atoms with Crippen LogP contribution in [0.5, 0.6) is 0 Å². The summed E-state index contributed by atoms with van der Waals surface area (Å²) in [4.78, 5) is 11.0. The molecule has 0 N–H and O–H groups in total. The zero-order valence-corrected chi connectivity index (χ0v) is 29.7. The van der Waals surface area contributed by atoms with E-state index in [9.17, 15) is 0 Å². The molecule has 1 aliphatic heterocycles. The van der Waals surface area contributed by atoms with Gasteiger partial charge in [-0.3, -0.25) is 4.99 Å². The van der Waals surface area contributed by atoms with Crippen LogP contribution in [0.25, 0.3) is 76.5 Å². The summed E-state index contributed by atoms with van der Waals surface area (Å²) >= 11 is 0. The molecule has 0 aliphatic carbocycles. The first kappa shape index (κ1) is 30.8. The monoisotopic (exact) mass is 694 g/mol. The Labute approximate surface area is 311 Å². The SMILES string of the molecule is CC1CC(c2ccc3ccccc3c2)=NC(c2cccc3oc4c(-c5cc6oc7ccccc7c6c6ccccc56)cccc4c23)=NC1c1ccccc1. The summed E-state index contributed by atoms with van der Waals surface area (Å²) < 4.78 is 13.3. The highest BCUT2D eigenvalue weighted by atomic mass is 16.3. The number of aliphatic imine (C=N–C) groups is 2. The summed E-state index contributed by atoms with van der Waals surface area (Å²) in [6.07, 6.45) is 0.800. The van der Waals surface area contributed by atoms with Gasteiger partial charge in [0.25, 0.3) is 0 Å². The highest BCUT2D eigenvalue weighted by molar-refractivity contribution is 6.26. The second kappa shape index (κ2) is 12.1. The molecule has 2 atom stereocenters. The van der Waals surface area contributed by atoms with Gasteiger partial charge in [-0.15, -0.1) is 0 Å². The van der Waals surface area contributed by atoms with Gasteiger partial charge in [-0.2, -0.15) is 0 Å². The first-order valence-corrected chi connectivity index (χ1v) is 18.7. The molecule has 0 spiro atoms. The lowest BCUT2D eigenvalue weighted by Crippen LogP contribution is -2.12. The zero-order valence-electron chi connectivity index (χ0n) is 29.7. The third kappa shape index (κ3) is 4.84. The molecule has 1 aliphatic rings. The molecule has 8 aromatic carbocycles. The molecule has 11 rings (SSSR count). The molecule has 4 heteroatoms. The minimum Gasteiger partial charge on any atom is -0.456 e. The van der Waals surface area contributed by atoms with Gasteiger partial charge in [-0.05, 0) is 74.8 Å². The van der Waals surface area contributed by atoms with Crippen LogP contribution in [0.1, 0.15) is 36.1 Å². The predicted octanol–water partition coefficient (Wildman–Crippen LogP) is 13.5. The normalized spacial score (nSPS) is 16.4. The van der Waals surface area contributed by atoms with Crippen LogP contribution in [0, 0.1) is 5.92 Å². The molecule has 0 saturated heterocycles. The molecule has 10 aromatic rings. The van der Waals surface area contributed by atoms with E-state index in [1.165, 1.54) is 16.3 Å². The van der Waals surface area contributed by atoms with Gasteiger partial charge in [0.05, 0.1) is 11.8 Å². The maximum atomic E-state index is 6.88. The van der Waals surface area contributed by atoms with Crippen LogP contribution in [-0.4, -0.2) is 11.5 Å². The number of amidine groups is 1. The number of para-hydroxylation sites is 2. The molecule has 0 radical (unpaired) electrons. The first-order chi connectivity index (χ1) is 26.7. The minimum absolute atomic E-state index is 0.0613. The van der Waals surface area contributed by atoms with Crippen LogP contribution in [0.15, 0.2) is 183 Å². The fraction of sp³-hybridized carbons (Fsp3) is 0.0800. The number of benzene rings is 8. The summed E-state index contributed by atoms with van der Waals surface area (Å²) in [5, 5.41) is 9.05. The van der Waals surface area contributed by atoms with Gasteiger partial charge in [0, 0.05) is 32.7 Å². The van der Waals surface area contributed by atoms with Gasteiger partial charge in [-0.1, -0.05) is 146 Å². The fourth-order valence-corrected chi connectivity index (χ4v) is 8.67. The van der Waals surface area contributed by atoms with E-state index >= 15 is 0 Å². The van der Waals surface area contributed by atoms with Crippen molar-refractivity contribution < 1.29 is 8.83 Å². The van der Waals surface area contributed by atoms with Crippen molar-refractivity contribution in [1.29, 1.82) is 0 Å². The average molecular weight is 695 g/mol. The molecule has 0 saturated carbocycles. The predicted molar refractivity (Wildman–Crippen MR) is 224 cm³/mol. The van der Waals surface area contributed by atoms with E-state index < -0.39 is 0 Å². The number of rotatable bonds is 4. The number of nitrogens with zero attached hydrogens (tertiary/aromatic N) is 2. The second-order valence-corrected chi connectivity index (χ2v) is 14.5.